The van der Waals surface area contributed by atoms with Gasteiger partial charge >= 0.3 is 0 Å². The van der Waals surface area contributed by atoms with Crippen molar-refractivity contribution in [2.45, 2.75) is 53.0 Å². The van der Waals surface area contributed by atoms with Crippen LogP contribution < -0.4 is 10.6 Å². The molecule has 0 aromatic carbocycles. The van der Waals surface area contributed by atoms with E-state index in [2.05, 4.69) is 55.2 Å². The van der Waals surface area contributed by atoms with Gasteiger partial charge in [-0.2, -0.15) is 0 Å². The molecule has 0 spiro atoms. The van der Waals surface area contributed by atoms with E-state index in [0.717, 1.165) is 37.0 Å². The second kappa shape index (κ2) is 8.74. The van der Waals surface area contributed by atoms with Gasteiger partial charge in [-0.1, -0.05) is 34.6 Å². The molecule has 6 heteroatoms. The highest BCUT2D eigenvalue weighted by Crippen LogP contribution is 2.22. The molecule has 0 aliphatic rings. The zero-order valence-corrected chi connectivity index (χ0v) is 15.9. The summed E-state index contributed by atoms with van der Waals surface area (Å²) in [6.45, 7) is 12.6. The molecule has 0 radical (unpaired) electrons. The monoisotopic (exact) mass is 346 g/mol. The first kappa shape index (κ1) is 19.1. The van der Waals surface area contributed by atoms with Gasteiger partial charge in [-0.25, -0.2) is 9.98 Å². The minimum atomic E-state index is -0.0466. The lowest BCUT2D eigenvalue weighted by Gasteiger charge is -2.14. The highest BCUT2D eigenvalue weighted by Gasteiger charge is 2.19. The number of nitrogens with zero attached hydrogens (tertiary/aromatic N) is 2. The molecular formula is C19H30N4O2. The van der Waals surface area contributed by atoms with Crippen LogP contribution in [0.3, 0.4) is 0 Å². The van der Waals surface area contributed by atoms with Gasteiger partial charge in [-0.05, 0) is 18.1 Å². The van der Waals surface area contributed by atoms with Gasteiger partial charge in [-0.3, -0.25) is 0 Å². The van der Waals surface area contributed by atoms with Crippen LogP contribution in [0.4, 0.5) is 0 Å². The number of oxazole rings is 1. The molecule has 0 amide bonds. The van der Waals surface area contributed by atoms with Gasteiger partial charge in [0.15, 0.2) is 5.96 Å². The Labute approximate surface area is 150 Å². The highest BCUT2D eigenvalue weighted by atomic mass is 16.4. The van der Waals surface area contributed by atoms with Crippen LogP contribution in [-0.2, 0) is 18.4 Å². The molecule has 0 saturated heterocycles. The molecule has 25 heavy (non-hydrogen) atoms. The summed E-state index contributed by atoms with van der Waals surface area (Å²) in [6.07, 6.45) is 4.29. The van der Waals surface area contributed by atoms with Gasteiger partial charge in [-0.15, -0.1) is 0 Å². The molecule has 0 atom stereocenters. The summed E-state index contributed by atoms with van der Waals surface area (Å²) in [5, 5.41) is 6.68. The highest BCUT2D eigenvalue weighted by molar-refractivity contribution is 5.79. The number of furan rings is 1. The lowest BCUT2D eigenvalue weighted by Crippen LogP contribution is -2.40. The number of nitrogens with one attached hydrogen (secondary N) is 2. The van der Waals surface area contributed by atoms with E-state index in [-0.39, 0.29) is 5.41 Å². The van der Waals surface area contributed by atoms with E-state index in [1.165, 1.54) is 0 Å². The molecule has 0 unspecified atom stereocenters. The fraction of sp³-hybridized carbons (Fsp3) is 0.579. The SMILES string of the molecule is CC(C)CNC(=NCc1ncc(C(C)(C)C)o1)NCCc1ccco1. The summed E-state index contributed by atoms with van der Waals surface area (Å²) in [6, 6.07) is 3.87. The van der Waals surface area contributed by atoms with Crippen LogP contribution in [0.5, 0.6) is 0 Å². The van der Waals surface area contributed by atoms with Gasteiger partial charge in [0, 0.05) is 24.9 Å². The predicted molar refractivity (Wildman–Crippen MR) is 99.6 cm³/mol. The summed E-state index contributed by atoms with van der Waals surface area (Å²) in [5.41, 5.74) is -0.0466. The zero-order chi connectivity index (χ0) is 18.3. The Bertz CT molecular complexity index is 651. The summed E-state index contributed by atoms with van der Waals surface area (Å²) in [7, 11) is 0. The maximum absolute atomic E-state index is 5.80. The molecule has 0 saturated carbocycles. The van der Waals surface area contributed by atoms with Crippen LogP contribution in [0, 0.1) is 5.92 Å². The normalized spacial score (nSPS) is 12.6. The van der Waals surface area contributed by atoms with Gasteiger partial charge in [0.05, 0.1) is 12.5 Å². The number of rotatable bonds is 7. The fourth-order valence-corrected chi connectivity index (χ4v) is 2.11. The number of hydrogen-bond donors (Lipinski definition) is 2. The third-order valence-corrected chi connectivity index (χ3v) is 3.59. The van der Waals surface area contributed by atoms with Crippen LogP contribution >= 0.6 is 0 Å². The Morgan fingerprint density at radius 2 is 2.08 bits per heavy atom. The topological polar surface area (TPSA) is 75.6 Å². The van der Waals surface area contributed by atoms with Crippen molar-refractivity contribution in [1.82, 2.24) is 15.6 Å². The van der Waals surface area contributed by atoms with Crippen molar-refractivity contribution in [2.24, 2.45) is 10.9 Å². The first-order chi connectivity index (χ1) is 11.8. The van der Waals surface area contributed by atoms with E-state index >= 15 is 0 Å². The van der Waals surface area contributed by atoms with Crippen LogP contribution in [0.1, 0.15) is 52.0 Å². The van der Waals surface area contributed by atoms with Crippen LogP contribution in [0.25, 0.3) is 0 Å². The third-order valence-electron chi connectivity index (χ3n) is 3.59. The molecule has 2 rings (SSSR count). The summed E-state index contributed by atoms with van der Waals surface area (Å²) >= 11 is 0. The lowest BCUT2D eigenvalue weighted by molar-refractivity contribution is 0.383. The van der Waals surface area contributed by atoms with Crippen molar-refractivity contribution >= 4 is 5.96 Å². The predicted octanol–water partition coefficient (Wildman–Crippen LogP) is 3.50. The van der Waals surface area contributed by atoms with Crippen LogP contribution in [-0.4, -0.2) is 24.0 Å². The summed E-state index contributed by atoms with van der Waals surface area (Å²) in [4.78, 5) is 8.91. The molecule has 0 aliphatic heterocycles. The number of hydrogen-bond acceptors (Lipinski definition) is 4. The van der Waals surface area contributed by atoms with E-state index in [9.17, 15) is 0 Å². The number of aromatic nitrogens is 1. The average Bonchev–Trinajstić information content (AvgIpc) is 3.20. The minimum absolute atomic E-state index is 0.0466. The molecule has 6 nitrogen and oxygen atoms in total. The molecule has 2 N–H and O–H groups in total. The molecule has 138 valence electrons. The number of aliphatic imine (C=N–C) groups is 1. The molecule has 2 heterocycles. The second-order valence-corrected chi connectivity index (χ2v) is 7.56. The Morgan fingerprint density at radius 3 is 2.68 bits per heavy atom. The van der Waals surface area contributed by atoms with E-state index in [4.69, 9.17) is 8.83 Å². The van der Waals surface area contributed by atoms with Gasteiger partial charge in [0.2, 0.25) is 5.89 Å². The van der Waals surface area contributed by atoms with Gasteiger partial charge in [0.1, 0.15) is 18.1 Å². The first-order valence-corrected chi connectivity index (χ1v) is 8.84. The van der Waals surface area contributed by atoms with E-state index in [1.807, 2.05) is 12.1 Å². The summed E-state index contributed by atoms with van der Waals surface area (Å²) < 4.78 is 11.2. The van der Waals surface area contributed by atoms with E-state index in [1.54, 1.807) is 12.5 Å². The standard InChI is InChI=1S/C19H30N4O2/c1-14(2)11-22-18(20-9-8-15-7-6-10-24-15)23-13-17-21-12-16(25-17)19(3,4)5/h6-7,10,12,14H,8-9,11,13H2,1-5H3,(H2,20,22,23). The van der Waals surface area contributed by atoms with E-state index < -0.39 is 0 Å². The molecular weight excluding hydrogens is 316 g/mol. The molecule has 0 aliphatic carbocycles. The molecule has 2 aromatic rings. The van der Waals surface area contributed by atoms with E-state index in [0.29, 0.717) is 18.4 Å². The van der Waals surface area contributed by atoms with Crippen molar-refractivity contribution in [2.75, 3.05) is 13.1 Å². The average molecular weight is 346 g/mol. The minimum Gasteiger partial charge on any atom is -0.469 e. The van der Waals surface area contributed by atoms with Crippen molar-refractivity contribution in [1.29, 1.82) is 0 Å². The molecule has 2 aromatic heterocycles. The quantitative estimate of drug-likeness (QED) is 0.593. The molecule has 0 bridgehead atoms. The van der Waals surface area contributed by atoms with Crippen molar-refractivity contribution in [3.05, 3.63) is 42.0 Å². The zero-order valence-electron chi connectivity index (χ0n) is 15.9. The summed E-state index contributed by atoms with van der Waals surface area (Å²) in [5.74, 6) is 3.75. The fourth-order valence-electron chi connectivity index (χ4n) is 2.11. The third kappa shape index (κ3) is 6.64. The Balaban J connectivity index is 1.93. The molecule has 0 fully saturated rings. The Kier molecular flexibility index (Phi) is 6.67. The smallest absolute Gasteiger partial charge is 0.216 e. The maximum atomic E-state index is 5.80. The van der Waals surface area contributed by atoms with Crippen LogP contribution in [0.15, 0.2) is 38.4 Å². The van der Waals surface area contributed by atoms with Crippen molar-refractivity contribution in [3.63, 3.8) is 0 Å². The second-order valence-electron chi connectivity index (χ2n) is 7.56. The van der Waals surface area contributed by atoms with Crippen LogP contribution in [0.2, 0.25) is 0 Å². The lowest BCUT2D eigenvalue weighted by atomic mass is 9.94. The first-order valence-electron chi connectivity index (χ1n) is 8.84. The Hall–Kier alpha value is -2.24. The Morgan fingerprint density at radius 1 is 1.28 bits per heavy atom. The number of guanidine groups is 1. The van der Waals surface area contributed by atoms with Gasteiger partial charge in [0.25, 0.3) is 0 Å². The van der Waals surface area contributed by atoms with Gasteiger partial charge < -0.3 is 19.5 Å². The van der Waals surface area contributed by atoms with Crippen molar-refractivity contribution in [3.8, 4) is 0 Å². The van der Waals surface area contributed by atoms with Crippen molar-refractivity contribution < 1.29 is 8.83 Å². The maximum Gasteiger partial charge on any atom is 0.216 e. The largest absolute Gasteiger partial charge is 0.469 e.